The zero-order valence-electron chi connectivity index (χ0n) is 23.7. The second-order valence-corrected chi connectivity index (χ2v) is 11.4. The number of carbonyl (C=O) groups is 2. The minimum absolute atomic E-state index is 0.211. The van der Waals surface area contributed by atoms with Crippen LogP contribution >= 0.6 is 0 Å². The molecule has 1 N–H and O–H groups in total. The quantitative estimate of drug-likeness (QED) is 0.310. The van der Waals surface area contributed by atoms with Crippen LogP contribution in [0.1, 0.15) is 47.1 Å². The predicted octanol–water partition coefficient (Wildman–Crippen LogP) is 5.79. The lowest BCUT2D eigenvalue weighted by Gasteiger charge is -2.24. The number of rotatable bonds is 7. The fourth-order valence-corrected chi connectivity index (χ4v) is 3.92. The summed E-state index contributed by atoms with van der Waals surface area (Å²) < 4.78 is 18.1. The van der Waals surface area contributed by atoms with E-state index in [0.717, 1.165) is 21.4 Å². The molecule has 1 amide bonds. The van der Waals surface area contributed by atoms with Gasteiger partial charge in [-0.1, -0.05) is 41.6 Å². The van der Waals surface area contributed by atoms with Crippen LogP contribution in [0.25, 0.3) is 22.2 Å². The maximum Gasteiger partial charge on any atom is 0.437 e. The summed E-state index contributed by atoms with van der Waals surface area (Å²) in [5, 5.41) is 11.0. The van der Waals surface area contributed by atoms with Gasteiger partial charge in [0.05, 0.1) is 12.2 Å². The van der Waals surface area contributed by atoms with Crippen LogP contribution in [0.2, 0.25) is 0 Å². The van der Waals surface area contributed by atoms with Gasteiger partial charge in [0.25, 0.3) is 0 Å². The van der Waals surface area contributed by atoms with Gasteiger partial charge in [-0.3, -0.25) is 4.98 Å². The zero-order valence-corrected chi connectivity index (χ0v) is 23.7. The van der Waals surface area contributed by atoms with E-state index in [9.17, 15) is 9.59 Å². The maximum atomic E-state index is 12.5. The Bertz CT molecular complexity index is 1470. The highest BCUT2D eigenvalue weighted by atomic mass is 16.6. The predicted molar refractivity (Wildman–Crippen MR) is 151 cm³/mol. The van der Waals surface area contributed by atoms with Gasteiger partial charge in [0.2, 0.25) is 0 Å². The minimum Gasteiger partial charge on any atom is -0.490 e. The molecule has 0 saturated heterocycles. The van der Waals surface area contributed by atoms with Gasteiger partial charge in [0.15, 0.2) is 0 Å². The summed E-state index contributed by atoms with van der Waals surface area (Å²) >= 11 is 0. The van der Waals surface area contributed by atoms with Gasteiger partial charge < -0.3 is 19.5 Å². The van der Waals surface area contributed by atoms with Crippen molar-refractivity contribution in [3.8, 4) is 16.9 Å². The third-order valence-corrected chi connectivity index (χ3v) is 5.56. The molecule has 0 spiro atoms. The summed E-state index contributed by atoms with van der Waals surface area (Å²) in [6, 6.07) is 16.8. The SMILES string of the molecule is CC(C)(C)OC(=O)N[C@@H](COc1cncc(-c2ccc3c(c2)nnn3C(=O)OC(C)(C)C)c1)Cc1ccccc1. The van der Waals surface area contributed by atoms with E-state index in [1.165, 1.54) is 0 Å². The van der Waals surface area contributed by atoms with Crippen molar-refractivity contribution in [3.05, 3.63) is 72.6 Å². The normalized spacial score (nSPS) is 12.6. The van der Waals surface area contributed by atoms with E-state index >= 15 is 0 Å². The first-order chi connectivity index (χ1) is 18.9. The number of carbonyl (C=O) groups excluding carboxylic acids is 2. The number of benzene rings is 2. The highest BCUT2D eigenvalue weighted by Gasteiger charge is 2.22. The molecule has 0 saturated carbocycles. The molecule has 0 aliphatic carbocycles. The number of hydrogen-bond acceptors (Lipinski definition) is 8. The zero-order chi connectivity index (χ0) is 28.9. The van der Waals surface area contributed by atoms with Crippen molar-refractivity contribution >= 4 is 23.2 Å². The van der Waals surface area contributed by atoms with Gasteiger partial charge in [-0.2, -0.15) is 0 Å². The minimum atomic E-state index is -0.649. The summed E-state index contributed by atoms with van der Waals surface area (Å²) in [7, 11) is 0. The highest BCUT2D eigenvalue weighted by molar-refractivity contribution is 5.88. The fraction of sp³-hybridized carbons (Fsp3) is 0.367. The van der Waals surface area contributed by atoms with E-state index in [-0.39, 0.29) is 12.6 Å². The molecule has 2 aromatic carbocycles. The van der Waals surface area contributed by atoms with Gasteiger partial charge >= 0.3 is 12.2 Å². The van der Waals surface area contributed by atoms with Gasteiger partial charge in [0.1, 0.15) is 34.6 Å². The van der Waals surface area contributed by atoms with Crippen LogP contribution in [0.4, 0.5) is 9.59 Å². The number of nitrogens with zero attached hydrogens (tertiary/aromatic N) is 4. The third-order valence-electron chi connectivity index (χ3n) is 5.56. The molecule has 0 aliphatic heterocycles. The molecule has 0 fully saturated rings. The second kappa shape index (κ2) is 11.7. The maximum absolute atomic E-state index is 12.5. The number of aromatic nitrogens is 4. The standard InChI is InChI=1S/C30H35N5O5/c1-29(2,3)39-27(36)32-23(14-20-10-8-7-9-11-20)19-38-24-15-22(17-31-18-24)21-12-13-26-25(16-21)33-34-35(26)28(37)40-30(4,5)6/h7-13,15-18,23H,14,19H2,1-6H3,(H,32,36)/t23-/m1/s1. The first-order valence-electron chi connectivity index (χ1n) is 13.1. The molecule has 4 aromatic rings. The van der Waals surface area contributed by atoms with E-state index < -0.39 is 23.4 Å². The topological polar surface area (TPSA) is 117 Å². The molecule has 0 bridgehead atoms. The lowest BCUT2D eigenvalue weighted by molar-refractivity contribution is 0.0484. The molecule has 10 nitrogen and oxygen atoms in total. The number of ether oxygens (including phenoxy) is 3. The summed E-state index contributed by atoms with van der Waals surface area (Å²) in [4.78, 5) is 29.3. The summed E-state index contributed by atoms with van der Waals surface area (Å²) in [6.07, 6.45) is 2.80. The van der Waals surface area contributed by atoms with Gasteiger partial charge in [0, 0.05) is 11.8 Å². The van der Waals surface area contributed by atoms with Crippen LogP contribution in [0.5, 0.6) is 5.75 Å². The van der Waals surface area contributed by atoms with Crippen molar-refractivity contribution in [1.82, 2.24) is 25.3 Å². The number of alkyl carbamates (subject to hydrolysis) is 1. The summed E-state index contributed by atoms with van der Waals surface area (Å²) in [6.45, 7) is 11.1. The summed E-state index contributed by atoms with van der Waals surface area (Å²) in [5.41, 5.74) is 2.51. The molecule has 40 heavy (non-hydrogen) atoms. The fourth-order valence-electron chi connectivity index (χ4n) is 3.92. The van der Waals surface area contributed by atoms with Crippen molar-refractivity contribution < 1.29 is 23.8 Å². The number of hydrogen-bond donors (Lipinski definition) is 1. The highest BCUT2D eigenvalue weighted by Crippen LogP contribution is 2.26. The monoisotopic (exact) mass is 545 g/mol. The van der Waals surface area contributed by atoms with Crippen molar-refractivity contribution in [2.24, 2.45) is 0 Å². The van der Waals surface area contributed by atoms with Crippen LogP contribution in [0, 0.1) is 0 Å². The lowest BCUT2D eigenvalue weighted by Crippen LogP contribution is -2.43. The van der Waals surface area contributed by atoms with Crippen LogP contribution in [-0.4, -0.2) is 56.0 Å². The lowest BCUT2D eigenvalue weighted by atomic mass is 10.1. The number of amides is 1. The molecule has 10 heteroatoms. The number of fused-ring (bicyclic) bond motifs is 1. The Kier molecular flexibility index (Phi) is 8.37. The molecule has 2 aromatic heterocycles. The number of nitrogens with one attached hydrogen (secondary N) is 1. The first-order valence-corrected chi connectivity index (χ1v) is 13.1. The van der Waals surface area contributed by atoms with E-state index in [2.05, 4.69) is 20.6 Å². The van der Waals surface area contributed by atoms with E-state index in [1.54, 1.807) is 39.2 Å². The molecular formula is C30H35N5O5. The molecular weight excluding hydrogens is 510 g/mol. The Hall–Kier alpha value is -4.47. The van der Waals surface area contributed by atoms with Crippen LogP contribution in [0.15, 0.2) is 67.0 Å². The van der Waals surface area contributed by atoms with Crippen molar-refractivity contribution in [1.29, 1.82) is 0 Å². The van der Waals surface area contributed by atoms with Crippen LogP contribution in [0.3, 0.4) is 0 Å². The molecule has 0 radical (unpaired) electrons. The molecule has 0 unspecified atom stereocenters. The van der Waals surface area contributed by atoms with Gasteiger partial charge in [-0.05, 0) is 77.3 Å². The van der Waals surface area contributed by atoms with E-state index in [0.29, 0.717) is 23.2 Å². The van der Waals surface area contributed by atoms with Gasteiger partial charge in [-0.15, -0.1) is 9.78 Å². The number of pyridine rings is 1. The molecule has 1 atom stereocenters. The van der Waals surface area contributed by atoms with Crippen molar-refractivity contribution in [2.75, 3.05) is 6.61 Å². The Morgan fingerprint density at radius 1 is 0.900 bits per heavy atom. The van der Waals surface area contributed by atoms with E-state index in [1.807, 2.05) is 69.3 Å². The largest absolute Gasteiger partial charge is 0.490 e. The first kappa shape index (κ1) is 28.5. The molecule has 2 heterocycles. The van der Waals surface area contributed by atoms with Crippen LogP contribution < -0.4 is 10.1 Å². The molecule has 0 aliphatic rings. The Labute approximate surface area is 233 Å². The van der Waals surface area contributed by atoms with Crippen LogP contribution in [-0.2, 0) is 15.9 Å². The smallest absolute Gasteiger partial charge is 0.437 e. The average Bonchev–Trinajstić information content (AvgIpc) is 3.29. The molecule has 210 valence electrons. The third kappa shape index (κ3) is 8.02. The van der Waals surface area contributed by atoms with Crippen molar-refractivity contribution in [3.63, 3.8) is 0 Å². The molecule has 4 rings (SSSR count). The van der Waals surface area contributed by atoms with Crippen molar-refractivity contribution in [2.45, 2.75) is 65.2 Å². The second-order valence-electron chi connectivity index (χ2n) is 11.4. The Balaban J connectivity index is 1.48. The summed E-state index contributed by atoms with van der Waals surface area (Å²) in [5.74, 6) is 0.541. The van der Waals surface area contributed by atoms with Gasteiger partial charge in [-0.25, -0.2) is 9.59 Å². The van der Waals surface area contributed by atoms with E-state index in [4.69, 9.17) is 14.2 Å². The average molecular weight is 546 g/mol. The Morgan fingerprint density at radius 3 is 2.33 bits per heavy atom. The Morgan fingerprint density at radius 2 is 1.62 bits per heavy atom.